The fourth-order valence-corrected chi connectivity index (χ4v) is 6.18. The van der Waals surface area contributed by atoms with Crippen LogP contribution in [-0.2, 0) is 16.0 Å². The molecule has 2 saturated carbocycles. The van der Waals surface area contributed by atoms with Crippen LogP contribution in [0.4, 0.5) is 18.9 Å². The number of benzene rings is 2. The van der Waals surface area contributed by atoms with Gasteiger partial charge in [0.15, 0.2) is 0 Å². The average Bonchev–Trinajstić information content (AvgIpc) is 3.61. The maximum atomic E-state index is 13.9. The number of carboxylic acids is 1. The monoisotopic (exact) mass is 544 g/mol. The van der Waals surface area contributed by atoms with Gasteiger partial charge in [0.05, 0.1) is 12.5 Å². The van der Waals surface area contributed by atoms with Gasteiger partial charge in [-0.05, 0) is 73.6 Å². The zero-order chi connectivity index (χ0) is 27.9. The number of halogens is 3. The molecule has 1 heterocycles. The van der Waals surface area contributed by atoms with Gasteiger partial charge in [0, 0.05) is 35.7 Å². The van der Waals surface area contributed by atoms with Crippen molar-refractivity contribution in [3.8, 4) is 5.75 Å². The summed E-state index contributed by atoms with van der Waals surface area (Å²) in [6.45, 7) is 2.03. The van der Waals surface area contributed by atoms with E-state index < -0.39 is 18.1 Å². The number of hydrogen-bond acceptors (Lipinski definition) is 4. The van der Waals surface area contributed by atoms with Crippen molar-refractivity contribution in [2.75, 3.05) is 4.90 Å². The van der Waals surface area contributed by atoms with E-state index in [0.29, 0.717) is 5.69 Å². The lowest BCUT2D eigenvalue weighted by Gasteiger charge is -2.48. The van der Waals surface area contributed by atoms with Crippen LogP contribution in [0.2, 0.25) is 0 Å². The van der Waals surface area contributed by atoms with Crippen LogP contribution in [0.5, 0.6) is 5.75 Å². The molecule has 0 radical (unpaired) electrons. The second kappa shape index (κ2) is 10.5. The normalized spacial score (nSPS) is 22.2. The summed E-state index contributed by atoms with van der Waals surface area (Å²) in [4.78, 5) is 42.2. The second-order valence-electron chi connectivity index (χ2n) is 10.5. The second-order valence-corrected chi connectivity index (χ2v) is 10.5. The Kier molecular flexibility index (Phi) is 7.31. The van der Waals surface area contributed by atoms with Gasteiger partial charge in [-0.25, -0.2) is 0 Å². The highest BCUT2D eigenvalue weighted by molar-refractivity contribution is 6.07. The van der Waals surface area contributed by atoms with E-state index in [4.69, 9.17) is 0 Å². The van der Waals surface area contributed by atoms with Crippen LogP contribution < -0.4 is 9.64 Å². The number of rotatable bonds is 8. The maximum Gasteiger partial charge on any atom is 0.573 e. The Morgan fingerprint density at radius 2 is 1.74 bits per heavy atom. The van der Waals surface area contributed by atoms with Crippen LogP contribution >= 0.6 is 0 Å². The molecule has 2 fully saturated rings. The molecule has 0 saturated heterocycles. The van der Waals surface area contributed by atoms with Crippen molar-refractivity contribution in [3.63, 3.8) is 0 Å². The predicted octanol–water partition coefficient (Wildman–Crippen LogP) is 5.87. The van der Waals surface area contributed by atoms with Gasteiger partial charge in [-0.15, -0.1) is 13.2 Å². The number of carbonyl (C=O) groups is 3. The number of nitrogens with zero attached hydrogens (tertiary/aromatic N) is 2. The molecule has 3 atom stereocenters. The van der Waals surface area contributed by atoms with E-state index in [1.54, 1.807) is 4.90 Å². The molecule has 0 bridgehead atoms. The van der Waals surface area contributed by atoms with Gasteiger partial charge in [-0.2, -0.15) is 0 Å². The zero-order valence-corrected chi connectivity index (χ0v) is 21.6. The molecule has 208 valence electrons. The first-order chi connectivity index (χ1) is 18.6. The fraction of sp³-hybridized carbons (Fsp3) is 0.483. The number of aryl methyl sites for hydroxylation is 1. The lowest BCUT2D eigenvalue weighted by Crippen LogP contribution is -2.53. The SMILES string of the molecule is CCc1ccc2c(c1)[C@H](N(C(=O)CCC(=O)O)C1CC1)[C@H]1CCC[C@H]1N2C(=O)c1ccc(OC(F)(F)F)cc1. The molecule has 10 heteroatoms. The minimum atomic E-state index is -4.82. The summed E-state index contributed by atoms with van der Waals surface area (Å²) in [6.07, 6.45) is -0.225. The quantitative estimate of drug-likeness (QED) is 0.449. The molecule has 2 aliphatic carbocycles. The van der Waals surface area contributed by atoms with E-state index in [1.807, 2.05) is 24.0 Å². The number of fused-ring (bicyclic) bond motifs is 2. The van der Waals surface area contributed by atoms with E-state index in [9.17, 15) is 32.7 Å². The van der Waals surface area contributed by atoms with Crippen molar-refractivity contribution in [3.05, 3.63) is 59.2 Å². The topological polar surface area (TPSA) is 87.2 Å². The summed E-state index contributed by atoms with van der Waals surface area (Å²) in [7, 11) is 0. The number of alkyl halides is 3. The summed E-state index contributed by atoms with van der Waals surface area (Å²) in [5.74, 6) is -1.94. The van der Waals surface area contributed by atoms with Gasteiger partial charge in [0.25, 0.3) is 5.91 Å². The van der Waals surface area contributed by atoms with Crippen molar-refractivity contribution >= 4 is 23.5 Å². The highest BCUT2D eigenvalue weighted by Gasteiger charge is 2.51. The van der Waals surface area contributed by atoms with Gasteiger partial charge in [-0.3, -0.25) is 14.4 Å². The molecule has 0 unspecified atom stereocenters. The molecule has 0 aromatic heterocycles. The largest absolute Gasteiger partial charge is 0.573 e. The van der Waals surface area contributed by atoms with Crippen LogP contribution in [0.1, 0.15) is 79.4 Å². The molecule has 2 aromatic carbocycles. The number of anilines is 1. The zero-order valence-electron chi connectivity index (χ0n) is 21.6. The minimum absolute atomic E-state index is 0.0317. The lowest BCUT2D eigenvalue weighted by atomic mass is 9.80. The van der Waals surface area contributed by atoms with E-state index in [2.05, 4.69) is 10.8 Å². The molecule has 3 aliphatic rings. The van der Waals surface area contributed by atoms with Crippen LogP contribution in [0.25, 0.3) is 0 Å². The molecule has 0 spiro atoms. The number of carbonyl (C=O) groups excluding carboxylic acids is 2. The van der Waals surface area contributed by atoms with Crippen LogP contribution in [0.3, 0.4) is 0 Å². The Balaban J connectivity index is 1.54. The maximum absolute atomic E-state index is 13.9. The van der Waals surface area contributed by atoms with Crippen LogP contribution in [-0.4, -0.2) is 46.2 Å². The van der Waals surface area contributed by atoms with Crippen molar-refractivity contribution < 1.29 is 37.4 Å². The van der Waals surface area contributed by atoms with Crippen molar-refractivity contribution in [1.29, 1.82) is 0 Å². The summed E-state index contributed by atoms with van der Waals surface area (Å²) >= 11 is 0. The summed E-state index contributed by atoms with van der Waals surface area (Å²) in [5, 5.41) is 9.18. The molecule has 39 heavy (non-hydrogen) atoms. The van der Waals surface area contributed by atoms with Gasteiger partial charge in [0.2, 0.25) is 5.91 Å². The fourth-order valence-electron chi connectivity index (χ4n) is 6.18. The van der Waals surface area contributed by atoms with E-state index in [-0.39, 0.29) is 54.3 Å². The summed E-state index contributed by atoms with van der Waals surface area (Å²) < 4.78 is 41.8. The Hall–Kier alpha value is -3.56. The summed E-state index contributed by atoms with van der Waals surface area (Å²) in [6, 6.07) is 10.5. The number of hydrogen-bond donors (Lipinski definition) is 1. The first kappa shape index (κ1) is 27.0. The highest BCUT2D eigenvalue weighted by Crippen LogP contribution is 2.53. The van der Waals surface area contributed by atoms with E-state index in [0.717, 1.165) is 61.8 Å². The number of amides is 2. The van der Waals surface area contributed by atoms with Gasteiger partial charge in [0.1, 0.15) is 5.75 Å². The van der Waals surface area contributed by atoms with Gasteiger partial charge < -0.3 is 19.6 Å². The smallest absolute Gasteiger partial charge is 0.481 e. The summed E-state index contributed by atoms with van der Waals surface area (Å²) in [5.41, 5.74) is 2.87. The predicted molar refractivity (Wildman–Crippen MR) is 136 cm³/mol. The van der Waals surface area contributed by atoms with E-state index in [1.165, 1.54) is 12.1 Å². The van der Waals surface area contributed by atoms with Crippen molar-refractivity contribution in [1.82, 2.24) is 4.90 Å². The Morgan fingerprint density at radius 1 is 1.03 bits per heavy atom. The van der Waals surface area contributed by atoms with E-state index >= 15 is 0 Å². The third kappa shape index (κ3) is 5.60. The molecule has 2 amide bonds. The Morgan fingerprint density at radius 3 is 2.36 bits per heavy atom. The van der Waals surface area contributed by atoms with Crippen molar-refractivity contribution in [2.24, 2.45) is 5.92 Å². The molecule has 2 aromatic rings. The van der Waals surface area contributed by atoms with Gasteiger partial charge in [-0.1, -0.05) is 25.5 Å². The third-order valence-electron chi connectivity index (χ3n) is 7.98. The van der Waals surface area contributed by atoms with Crippen LogP contribution in [0, 0.1) is 5.92 Å². The molecular formula is C29H31F3N2O5. The molecule has 1 N–H and O–H groups in total. The minimum Gasteiger partial charge on any atom is -0.481 e. The molecular weight excluding hydrogens is 513 g/mol. The highest BCUT2D eigenvalue weighted by atomic mass is 19.4. The average molecular weight is 545 g/mol. The molecule has 7 nitrogen and oxygen atoms in total. The van der Waals surface area contributed by atoms with Crippen LogP contribution in [0.15, 0.2) is 42.5 Å². The molecule has 1 aliphatic heterocycles. The first-order valence-electron chi connectivity index (χ1n) is 13.4. The van der Waals surface area contributed by atoms with Crippen molar-refractivity contribution in [2.45, 2.75) is 82.8 Å². The number of carboxylic acid groups (broad SMARTS) is 1. The number of aliphatic carboxylic acids is 1. The standard InChI is InChI=1S/C29H31F3N2O5/c1-2-17-6-13-24-22(16-17)27(33(19-9-10-19)25(35)14-15-26(36)37)21-4-3-5-23(21)34(24)28(38)18-7-11-20(12-8-18)39-29(30,31)32/h6-8,11-13,16,19,21,23,27H,2-5,9-10,14-15H2,1H3,(H,36,37)/t21-,23+,27+/m0/s1. The first-order valence-corrected chi connectivity index (χ1v) is 13.4. The lowest BCUT2D eigenvalue weighted by molar-refractivity contribution is -0.274. The molecule has 5 rings (SSSR count). The Bertz CT molecular complexity index is 1260. The Labute approximate surface area is 224 Å². The number of ether oxygens (including phenoxy) is 1. The third-order valence-corrected chi connectivity index (χ3v) is 7.98. The van der Waals surface area contributed by atoms with Gasteiger partial charge >= 0.3 is 12.3 Å².